The van der Waals surface area contributed by atoms with Gasteiger partial charge in [0.25, 0.3) is 0 Å². The number of hydrogen-bond donors (Lipinski definition) is 0. The van der Waals surface area contributed by atoms with Crippen molar-refractivity contribution in [1.29, 1.82) is 0 Å². The Morgan fingerprint density at radius 3 is 2.00 bits per heavy atom. The molecule has 0 amide bonds. The maximum atomic E-state index is 2.43. The van der Waals surface area contributed by atoms with Crippen molar-refractivity contribution in [1.82, 2.24) is 0 Å². The van der Waals surface area contributed by atoms with Crippen molar-refractivity contribution < 1.29 is 0 Å². The molecule has 0 aromatic heterocycles. The minimum absolute atomic E-state index is 1.03. The molecule has 29 heavy (non-hydrogen) atoms. The molecule has 134 valence electrons. The highest BCUT2D eigenvalue weighted by atomic mass is 14.2. The Morgan fingerprint density at radius 2 is 1.10 bits per heavy atom. The highest BCUT2D eigenvalue weighted by molar-refractivity contribution is 6.15. The van der Waals surface area contributed by atoms with Crippen LogP contribution >= 0.6 is 0 Å². The molecule has 0 saturated carbocycles. The van der Waals surface area contributed by atoms with E-state index in [1.165, 1.54) is 65.3 Å². The second-order valence-corrected chi connectivity index (χ2v) is 8.21. The Labute approximate surface area is 169 Å². The van der Waals surface area contributed by atoms with Crippen LogP contribution in [0.25, 0.3) is 54.2 Å². The Bertz CT molecular complexity index is 1620. The summed E-state index contributed by atoms with van der Waals surface area (Å²) >= 11 is 0. The minimum Gasteiger partial charge on any atom is -0.0616 e. The summed E-state index contributed by atoms with van der Waals surface area (Å²) in [6, 6.07) is 36.1. The summed E-state index contributed by atoms with van der Waals surface area (Å²) in [6.07, 6.45) is 1.03. The lowest BCUT2D eigenvalue weighted by atomic mass is 9.92. The zero-order chi connectivity index (χ0) is 18.9. The maximum absolute atomic E-state index is 2.43. The van der Waals surface area contributed by atoms with Gasteiger partial charge in [0.2, 0.25) is 0 Å². The normalized spacial score (nSPS) is 12.7. The first-order chi connectivity index (χ1) is 14.3. The molecule has 6 aromatic rings. The van der Waals surface area contributed by atoms with Gasteiger partial charge < -0.3 is 0 Å². The Hall–Kier alpha value is -3.64. The average Bonchev–Trinajstić information content (AvgIpc) is 3.14. The van der Waals surface area contributed by atoms with Crippen LogP contribution in [0.4, 0.5) is 0 Å². The van der Waals surface area contributed by atoms with Crippen LogP contribution in [0, 0.1) is 0 Å². The third-order valence-electron chi connectivity index (χ3n) is 6.59. The molecule has 6 aromatic carbocycles. The highest BCUT2D eigenvalue weighted by Crippen LogP contribution is 2.44. The largest absolute Gasteiger partial charge is 0.0616 e. The molecule has 0 unspecified atom stereocenters. The number of rotatable bonds is 0. The van der Waals surface area contributed by atoms with Gasteiger partial charge in [0.1, 0.15) is 0 Å². The lowest BCUT2D eigenvalue weighted by Crippen LogP contribution is -1.85. The molecule has 0 N–H and O–H groups in total. The fourth-order valence-electron chi connectivity index (χ4n) is 5.21. The lowest BCUT2D eigenvalue weighted by molar-refractivity contribution is 1.27. The Morgan fingerprint density at radius 1 is 0.414 bits per heavy atom. The first-order valence-corrected chi connectivity index (χ1v) is 10.2. The van der Waals surface area contributed by atoms with Crippen molar-refractivity contribution in [2.75, 3.05) is 0 Å². The summed E-state index contributed by atoms with van der Waals surface area (Å²) in [4.78, 5) is 0. The van der Waals surface area contributed by atoms with E-state index in [2.05, 4.69) is 97.1 Å². The van der Waals surface area contributed by atoms with Crippen LogP contribution in [0.2, 0.25) is 0 Å². The van der Waals surface area contributed by atoms with E-state index in [1.54, 1.807) is 0 Å². The zero-order valence-corrected chi connectivity index (χ0v) is 15.9. The van der Waals surface area contributed by atoms with Crippen molar-refractivity contribution in [3.63, 3.8) is 0 Å². The van der Waals surface area contributed by atoms with Crippen LogP contribution < -0.4 is 0 Å². The van der Waals surface area contributed by atoms with Gasteiger partial charge in [-0.05, 0) is 90.0 Å². The van der Waals surface area contributed by atoms with Gasteiger partial charge in [-0.15, -0.1) is 0 Å². The molecule has 0 atom stereocenters. The summed E-state index contributed by atoms with van der Waals surface area (Å²) in [7, 11) is 0. The second kappa shape index (κ2) is 5.46. The van der Waals surface area contributed by atoms with Gasteiger partial charge in [0.15, 0.2) is 0 Å². The quantitative estimate of drug-likeness (QED) is 0.189. The fourth-order valence-corrected chi connectivity index (χ4v) is 5.21. The van der Waals surface area contributed by atoms with Gasteiger partial charge in [-0.25, -0.2) is 0 Å². The van der Waals surface area contributed by atoms with E-state index in [9.17, 15) is 0 Å². The summed E-state index contributed by atoms with van der Waals surface area (Å²) in [6.45, 7) is 0. The Kier molecular flexibility index (Phi) is 2.88. The van der Waals surface area contributed by atoms with E-state index in [4.69, 9.17) is 0 Å². The lowest BCUT2D eigenvalue weighted by Gasteiger charge is -2.11. The van der Waals surface area contributed by atoms with Crippen LogP contribution in [0.1, 0.15) is 11.1 Å². The Balaban J connectivity index is 1.62. The molecular weight excluding hydrogens is 348 g/mol. The molecule has 1 aliphatic carbocycles. The summed E-state index contributed by atoms with van der Waals surface area (Å²) < 4.78 is 0. The highest BCUT2D eigenvalue weighted by Gasteiger charge is 2.21. The summed E-state index contributed by atoms with van der Waals surface area (Å²) in [5.41, 5.74) is 5.73. The molecule has 1 aliphatic rings. The zero-order valence-electron chi connectivity index (χ0n) is 15.9. The van der Waals surface area contributed by atoms with Crippen LogP contribution in [0.3, 0.4) is 0 Å². The van der Waals surface area contributed by atoms with Gasteiger partial charge >= 0.3 is 0 Å². The summed E-state index contributed by atoms with van der Waals surface area (Å²) in [5.74, 6) is 0. The van der Waals surface area contributed by atoms with Crippen LogP contribution in [-0.4, -0.2) is 0 Å². The van der Waals surface area contributed by atoms with Gasteiger partial charge in [0, 0.05) is 0 Å². The average molecular weight is 366 g/mol. The van der Waals surface area contributed by atoms with E-state index < -0.39 is 0 Å². The minimum atomic E-state index is 1.03. The van der Waals surface area contributed by atoms with Crippen molar-refractivity contribution in [3.05, 3.63) is 108 Å². The molecule has 0 fully saturated rings. The SMILES string of the molecule is c1ccc2cc3c(cc2c1)Cc1ccc2cc4ccc5ccccc5c4cc2c1-3. The molecule has 0 aliphatic heterocycles. The van der Waals surface area contributed by atoms with E-state index in [-0.39, 0.29) is 0 Å². The molecule has 0 saturated heterocycles. The number of fused-ring (bicyclic) bond motifs is 9. The molecular formula is C29H18. The third kappa shape index (κ3) is 2.09. The van der Waals surface area contributed by atoms with Crippen molar-refractivity contribution >= 4 is 43.1 Å². The number of benzene rings is 6. The monoisotopic (exact) mass is 366 g/mol. The predicted octanol–water partition coefficient (Wildman–Crippen LogP) is 7.87. The van der Waals surface area contributed by atoms with Crippen LogP contribution in [0.5, 0.6) is 0 Å². The molecule has 0 nitrogen and oxygen atoms in total. The van der Waals surface area contributed by atoms with Crippen LogP contribution in [-0.2, 0) is 6.42 Å². The van der Waals surface area contributed by atoms with Crippen LogP contribution in [0.15, 0.2) is 97.1 Å². The van der Waals surface area contributed by atoms with Crippen molar-refractivity contribution in [3.8, 4) is 11.1 Å². The summed E-state index contributed by atoms with van der Waals surface area (Å²) in [5, 5.41) is 10.7. The third-order valence-corrected chi connectivity index (χ3v) is 6.59. The second-order valence-electron chi connectivity index (χ2n) is 8.21. The van der Waals surface area contributed by atoms with E-state index in [1.807, 2.05) is 0 Å². The molecule has 0 bridgehead atoms. The number of hydrogen-bond acceptors (Lipinski definition) is 0. The van der Waals surface area contributed by atoms with Gasteiger partial charge in [-0.1, -0.05) is 78.9 Å². The fraction of sp³-hybridized carbons (Fsp3) is 0.0345. The van der Waals surface area contributed by atoms with E-state index in [0.29, 0.717) is 0 Å². The van der Waals surface area contributed by atoms with Crippen molar-refractivity contribution in [2.45, 2.75) is 6.42 Å². The first-order valence-electron chi connectivity index (χ1n) is 10.2. The van der Waals surface area contributed by atoms with Gasteiger partial charge in [-0.2, -0.15) is 0 Å². The topological polar surface area (TPSA) is 0 Å². The maximum Gasteiger partial charge on any atom is -0.00130 e. The molecule has 0 radical (unpaired) electrons. The van der Waals surface area contributed by atoms with E-state index in [0.717, 1.165) is 6.42 Å². The smallest absolute Gasteiger partial charge is 0.00130 e. The van der Waals surface area contributed by atoms with Crippen molar-refractivity contribution in [2.24, 2.45) is 0 Å². The standard InChI is InChI=1S/C29H18/c1-2-7-20-16-27-24(13-19(20)6-1)15-23-12-11-22-14-21-10-9-18-5-3-4-8-25(18)26(21)17-28(22)29(23)27/h1-14,16-17H,15H2. The first kappa shape index (κ1) is 15.3. The predicted molar refractivity (Wildman–Crippen MR) is 125 cm³/mol. The van der Waals surface area contributed by atoms with E-state index >= 15 is 0 Å². The van der Waals surface area contributed by atoms with Gasteiger partial charge in [-0.3, -0.25) is 0 Å². The molecule has 0 heterocycles. The molecule has 7 rings (SSSR count). The molecule has 0 spiro atoms. The molecule has 0 heteroatoms. The van der Waals surface area contributed by atoms with Gasteiger partial charge in [0.05, 0.1) is 0 Å².